The molecule has 0 fully saturated rings. The minimum atomic E-state index is -0.0500. The van der Waals surface area contributed by atoms with Crippen molar-refractivity contribution in [3.8, 4) is 0 Å². The molecule has 0 bridgehead atoms. The van der Waals surface area contributed by atoms with E-state index in [0.717, 1.165) is 0 Å². The van der Waals surface area contributed by atoms with Crippen molar-refractivity contribution in [2.75, 3.05) is 0 Å². The third-order valence-corrected chi connectivity index (χ3v) is 0. The maximum absolute atomic E-state index is 4.68. The molecule has 0 atom stereocenters. The number of rotatable bonds is 0. The molecule has 0 heterocycles. The van der Waals surface area contributed by atoms with Crippen molar-refractivity contribution in [3.63, 3.8) is 0 Å². The monoisotopic (exact) mass is 210 g/mol. The fourth-order valence-electron chi connectivity index (χ4n) is 0. The van der Waals surface area contributed by atoms with Crippen molar-refractivity contribution in [1.29, 1.82) is 0 Å². The van der Waals surface area contributed by atoms with E-state index in [2.05, 4.69) is 8.73 Å². The van der Waals surface area contributed by atoms with Gasteiger partial charge in [-0.25, -0.2) is 0 Å². The van der Waals surface area contributed by atoms with Crippen LogP contribution in [0.1, 0.15) is 0 Å². The molecule has 0 aliphatic heterocycles. The molecule has 0 amide bonds. The standard InChI is InChI=1S/2ClH.2H2N.Pd/h2*1H;2*1H2;/q;;2*-1;+2. The Labute approximate surface area is 52.2 Å². The predicted molar refractivity (Wildman–Crippen MR) is 22.9 cm³/mol. The zero-order valence-electron chi connectivity index (χ0n) is 2.29. The van der Waals surface area contributed by atoms with Gasteiger partial charge in [0.05, 0.1) is 0 Å². The van der Waals surface area contributed by atoms with E-state index in [-0.39, 0.29) is 43.3 Å². The van der Waals surface area contributed by atoms with E-state index in [9.17, 15) is 0 Å². The Hall–Kier alpha value is 1.16. The van der Waals surface area contributed by atoms with Crippen LogP contribution in [0, 0.1) is 0 Å². The molecule has 2 nitrogen and oxygen atoms in total. The summed E-state index contributed by atoms with van der Waals surface area (Å²) in [6, 6.07) is 0. The van der Waals surface area contributed by atoms with Gasteiger partial charge in [0.25, 0.3) is 0 Å². The predicted octanol–water partition coefficient (Wildman–Crippen LogP) is -0.340. The van der Waals surface area contributed by atoms with E-state index in [1.165, 1.54) is 0 Å². The van der Waals surface area contributed by atoms with Crippen molar-refractivity contribution in [3.05, 3.63) is 0 Å². The van der Waals surface area contributed by atoms with E-state index in [4.69, 9.17) is 0 Å². The van der Waals surface area contributed by atoms with E-state index in [0.29, 0.717) is 0 Å². The van der Waals surface area contributed by atoms with Crippen LogP contribution in [0.3, 0.4) is 0 Å². The first kappa shape index (κ1) is 16.4. The summed E-state index contributed by atoms with van der Waals surface area (Å²) in [7, 11) is 0. The van der Waals surface area contributed by atoms with Crippen LogP contribution in [-0.4, -0.2) is 0 Å². The average Bonchev–Trinajstić information content (AvgIpc) is 0.918. The Morgan fingerprint density at radius 2 is 1.00 bits per heavy atom. The molecule has 0 saturated heterocycles. The van der Waals surface area contributed by atoms with Gasteiger partial charge in [-0.2, -0.15) is 0 Å². The molecule has 40 valence electrons. The summed E-state index contributed by atoms with van der Waals surface area (Å²) in [5.74, 6) is 0. The quantitative estimate of drug-likeness (QED) is 0.539. The van der Waals surface area contributed by atoms with Gasteiger partial charge in [-0.3, -0.25) is 0 Å². The van der Waals surface area contributed by atoms with Gasteiger partial charge < -0.3 is 0 Å². The molecular weight excluding hydrogens is 205 g/mol. The normalized spacial score (nSPS) is 4.40. The van der Waals surface area contributed by atoms with Crippen molar-refractivity contribution in [2.45, 2.75) is 0 Å². The Morgan fingerprint density at radius 1 is 1.00 bits per heavy atom. The molecule has 0 aromatic rings. The van der Waals surface area contributed by atoms with Crippen LogP contribution in [0.4, 0.5) is 0 Å². The van der Waals surface area contributed by atoms with Crippen LogP contribution < -0.4 is 8.73 Å². The second-order valence-corrected chi connectivity index (χ2v) is 0.624. The molecule has 0 spiro atoms. The average molecular weight is 211 g/mol. The van der Waals surface area contributed by atoms with Crippen molar-refractivity contribution in [1.82, 2.24) is 0 Å². The van der Waals surface area contributed by atoms with Crippen molar-refractivity contribution >= 4 is 24.8 Å². The first-order valence-electron chi connectivity index (χ1n) is 0.365. The van der Waals surface area contributed by atoms with Crippen molar-refractivity contribution in [2.24, 2.45) is 8.73 Å². The van der Waals surface area contributed by atoms with Crippen LogP contribution in [0.15, 0.2) is 0 Å². The zero-order valence-corrected chi connectivity index (χ0v) is 5.48. The Bertz CT molecular complexity index is 7.61. The van der Waals surface area contributed by atoms with Gasteiger partial charge in [-0.15, -0.1) is 24.8 Å². The number of halogens is 2. The van der Waals surface area contributed by atoms with Crippen LogP contribution in [0.25, 0.3) is 0 Å². The van der Waals surface area contributed by atoms with Crippen LogP contribution in [0.2, 0.25) is 0 Å². The summed E-state index contributed by atoms with van der Waals surface area (Å²) >= 11 is -0.0500. The molecule has 0 aliphatic carbocycles. The molecule has 5 heteroatoms. The van der Waals surface area contributed by atoms with Crippen LogP contribution >= 0.6 is 24.8 Å². The number of nitrogens with two attached hydrogens (primary N) is 2. The van der Waals surface area contributed by atoms with E-state index in [1.54, 1.807) is 0 Å². The summed E-state index contributed by atoms with van der Waals surface area (Å²) in [4.78, 5) is 0. The van der Waals surface area contributed by atoms with Gasteiger partial charge in [-0.1, -0.05) is 0 Å². The Kier molecular flexibility index (Phi) is 62.8. The van der Waals surface area contributed by atoms with E-state index >= 15 is 0 Å². The molecule has 0 aromatic carbocycles. The molecule has 5 heavy (non-hydrogen) atoms. The molecular formula is H6Cl2N2Pd. The second kappa shape index (κ2) is 19.1. The fraction of sp³-hybridized carbons (Fsp3) is 0. The van der Waals surface area contributed by atoms with Gasteiger partial charge in [0.15, 0.2) is 0 Å². The first-order valence-corrected chi connectivity index (χ1v) is 2.16. The molecule has 0 unspecified atom stereocenters. The van der Waals surface area contributed by atoms with Crippen LogP contribution in [-0.2, 0) is 18.5 Å². The maximum atomic E-state index is 4.68. The molecule has 0 rings (SSSR count). The van der Waals surface area contributed by atoms with Crippen LogP contribution in [0.5, 0.6) is 0 Å². The molecule has 0 aliphatic rings. The molecule has 0 aromatic heterocycles. The van der Waals surface area contributed by atoms with Crippen molar-refractivity contribution < 1.29 is 18.5 Å². The minimum absolute atomic E-state index is 0. The Balaban J connectivity index is -0.0000000200. The summed E-state index contributed by atoms with van der Waals surface area (Å²) in [6.07, 6.45) is 0. The van der Waals surface area contributed by atoms with Gasteiger partial charge in [0, 0.05) is 0 Å². The molecule has 0 radical (unpaired) electrons. The number of hydrogen-bond donors (Lipinski definition) is 2. The fourth-order valence-corrected chi connectivity index (χ4v) is 0. The van der Waals surface area contributed by atoms with Gasteiger partial charge in [-0.05, 0) is 0 Å². The summed E-state index contributed by atoms with van der Waals surface area (Å²) in [5, 5.41) is 0. The Morgan fingerprint density at radius 3 is 1.00 bits per heavy atom. The summed E-state index contributed by atoms with van der Waals surface area (Å²) < 4.78 is 9.35. The topological polar surface area (TPSA) is 52.0 Å². The first-order chi connectivity index (χ1) is 1.41. The SMILES string of the molecule is Cl.Cl.[NH2][Pd][NH2]. The molecule has 4 N–H and O–H groups in total. The second-order valence-electron chi connectivity index (χ2n) is 0.105. The number of hydrogen-bond acceptors (Lipinski definition) is 2. The third kappa shape index (κ3) is 38.2. The molecule has 0 saturated carbocycles. The van der Waals surface area contributed by atoms with E-state index in [1.807, 2.05) is 0 Å². The summed E-state index contributed by atoms with van der Waals surface area (Å²) in [6.45, 7) is 0. The zero-order chi connectivity index (χ0) is 2.71. The van der Waals surface area contributed by atoms with Gasteiger partial charge >= 0.3 is 27.2 Å². The third-order valence-electron chi connectivity index (χ3n) is 0. The van der Waals surface area contributed by atoms with Gasteiger partial charge in [0.2, 0.25) is 0 Å². The summed E-state index contributed by atoms with van der Waals surface area (Å²) in [5.41, 5.74) is 0. The van der Waals surface area contributed by atoms with E-state index < -0.39 is 0 Å². The van der Waals surface area contributed by atoms with Gasteiger partial charge in [0.1, 0.15) is 0 Å².